The zero-order valence-corrected chi connectivity index (χ0v) is 12.6. The minimum Gasteiger partial charge on any atom is -0.396 e. The molecule has 2 aliphatic heterocycles. The monoisotopic (exact) mass is 279 g/mol. The van der Waals surface area contributed by atoms with E-state index in [0.29, 0.717) is 12.5 Å². The van der Waals surface area contributed by atoms with Gasteiger partial charge < -0.3 is 9.84 Å². The average molecular weight is 279 g/mol. The van der Waals surface area contributed by atoms with Crippen LogP contribution in [0.25, 0.3) is 0 Å². The van der Waals surface area contributed by atoms with E-state index in [1.807, 2.05) is 0 Å². The van der Waals surface area contributed by atoms with E-state index >= 15 is 0 Å². The smallest absolute Gasteiger partial charge is 0.0559 e. The first kappa shape index (κ1) is 13.5. The largest absolute Gasteiger partial charge is 0.396 e. The predicted molar refractivity (Wildman–Crippen MR) is 78.6 cm³/mol. The molecule has 3 heteroatoms. The topological polar surface area (TPSA) is 32.7 Å². The zero-order chi connectivity index (χ0) is 13.6. The quantitative estimate of drug-likeness (QED) is 0.842. The first-order valence-electron chi connectivity index (χ1n) is 8.68. The van der Waals surface area contributed by atoms with E-state index in [9.17, 15) is 5.11 Å². The molecule has 3 nitrogen and oxygen atoms in total. The molecule has 114 valence electrons. The van der Waals surface area contributed by atoms with Crippen LogP contribution in [-0.4, -0.2) is 49.0 Å². The van der Waals surface area contributed by atoms with Crippen LogP contribution in [0.4, 0.5) is 0 Å². The van der Waals surface area contributed by atoms with Crippen LogP contribution in [-0.2, 0) is 4.74 Å². The molecule has 2 heterocycles. The predicted octanol–water partition coefficient (Wildman–Crippen LogP) is 2.43. The molecule has 4 aliphatic rings. The van der Waals surface area contributed by atoms with Gasteiger partial charge in [-0.2, -0.15) is 0 Å². The lowest BCUT2D eigenvalue weighted by atomic mass is 9.58. The molecule has 4 fully saturated rings. The van der Waals surface area contributed by atoms with Gasteiger partial charge in [0.15, 0.2) is 0 Å². The van der Waals surface area contributed by atoms with Gasteiger partial charge in [0.05, 0.1) is 13.2 Å². The van der Waals surface area contributed by atoms with Crippen LogP contribution in [0, 0.1) is 16.7 Å². The Labute approximate surface area is 122 Å². The highest BCUT2D eigenvalue weighted by molar-refractivity contribution is 5.06. The fourth-order valence-corrected chi connectivity index (χ4v) is 5.55. The molecule has 0 aromatic heterocycles. The molecule has 0 amide bonds. The van der Waals surface area contributed by atoms with E-state index in [1.165, 1.54) is 51.5 Å². The lowest BCUT2D eigenvalue weighted by Gasteiger charge is -2.53. The Morgan fingerprint density at radius 2 is 1.95 bits per heavy atom. The first-order chi connectivity index (χ1) is 9.75. The van der Waals surface area contributed by atoms with Crippen molar-refractivity contribution in [3.8, 4) is 0 Å². The van der Waals surface area contributed by atoms with Crippen molar-refractivity contribution in [3.63, 3.8) is 0 Å². The normalized spacial score (nSPS) is 41.5. The maximum atomic E-state index is 9.88. The SMILES string of the molecule is OC[C@]12COCC[C@H]1CN(C1CC3(CCCCC3)C1)C2. The van der Waals surface area contributed by atoms with Crippen molar-refractivity contribution in [1.82, 2.24) is 4.90 Å². The lowest BCUT2D eigenvalue weighted by Crippen LogP contribution is -2.51. The fraction of sp³-hybridized carbons (Fsp3) is 1.00. The van der Waals surface area contributed by atoms with Gasteiger partial charge in [-0.3, -0.25) is 4.90 Å². The maximum absolute atomic E-state index is 9.88. The molecule has 0 aromatic carbocycles. The molecule has 0 unspecified atom stereocenters. The number of hydrogen-bond donors (Lipinski definition) is 1. The molecule has 4 rings (SSSR count). The number of aliphatic hydroxyl groups is 1. The molecule has 2 saturated carbocycles. The Hall–Kier alpha value is -0.120. The van der Waals surface area contributed by atoms with Crippen LogP contribution in [0.1, 0.15) is 51.4 Å². The molecular formula is C17H29NO2. The van der Waals surface area contributed by atoms with Gasteiger partial charge >= 0.3 is 0 Å². The van der Waals surface area contributed by atoms with E-state index in [-0.39, 0.29) is 5.41 Å². The Morgan fingerprint density at radius 1 is 1.15 bits per heavy atom. The van der Waals surface area contributed by atoms with E-state index in [0.717, 1.165) is 37.6 Å². The highest BCUT2D eigenvalue weighted by Crippen LogP contribution is 2.55. The molecule has 2 atom stereocenters. The standard InChI is InChI=1S/C17H29NO2/c19-12-17-11-18(10-14(17)4-7-20-13-17)15-8-16(9-15)5-2-1-3-6-16/h14-15,19H,1-13H2/t14-,17+/m0/s1. The third kappa shape index (κ3) is 2.05. The summed E-state index contributed by atoms with van der Waals surface area (Å²) >= 11 is 0. The number of fused-ring (bicyclic) bond motifs is 1. The van der Waals surface area contributed by atoms with Gasteiger partial charge in [0.2, 0.25) is 0 Å². The number of likely N-dealkylation sites (tertiary alicyclic amines) is 1. The number of hydrogen-bond acceptors (Lipinski definition) is 3. The summed E-state index contributed by atoms with van der Waals surface area (Å²) in [6.45, 7) is 4.28. The molecule has 1 N–H and O–H groups in total. The summed E-state index contributed by atoms with van der Waals surface area (Å²) in [6, 6.07) is 0.808. The van der Waals surface area contributed by atoms with Crippen LogP contribution >= 0.6 is 0 Å². The second kappa shape index (κ2) is 4.96. The molecular weight excluding hydrogens is 250 g/mol. The maximum Gasteiger partial charge on any atom is 0.0559 e. The van der Waals surface area contributed by atoms with Crippen LogP contribution in [0.2, 0.25) is 0 Å². The van der Waals surface area contributed by atoms with Crippen molar-refractivity contribution in [2.45, 2.75) is 57.4 Å². The molecule has 0 bridgehead atoms. The van der Waals surface area contributed by atoms with Crippen molar-refractivity contribution < 1.29 is 9.84 Å². The van der Waals surface area contributed by atoms with Gasteiger partial charge in [-0.05, 0) is 43.4 Å². The van der Waals surface area contributed by atoms with Gasteiger partial charge in [0, 0.05) is 31.2 Å². The van der Waals surface area contributed by atoms with Crippen LogP contribution in [0.5, 0.6) is 0 Å². The van der Waals surface area contributed by atoms with Crippen LogP contribution < -0.4 is 0 Å². The molecule has 2 aliphatic carbocycles. The van der Waals surface area contributed by atoms with Gasteiger partial charge in [-0.15, -0.1) is 0 Å². The van der Waals surface area contributed by atoms with Crippen molar-refractivity contribution >= 4 is 0 Å². The van der Waals surface area contributed by atoms with Crippen molar-refractivity contribution in [1.29, 1.82) is 0 Å². The third-order valence-electron chi connectivity index (χ3n) is 6.92. The molecule has 0 radical (unpaired) electrons. The Bertz CT molecular complexity index is 358. The minimum absolute atomic E-state index is 0.0631. The van der Waals surface area contributed by atoms with E-state index in [1.54, 1.807) is 0 Å². The van der Waals surface area contributed by atoms with Crippen molar-refractivity contribution in [2.24, 2.45) is 16.7 Å². The summed E-state index contributed by atoms with van der Waals surface area (Å²) in [5, 5.41) is 9.88. The Morgan fingerprint density at radius 3 is 2.65 bits per heavy atom. The number of rotatable bonds is 2. The van der Waals surface area contributed by atoms with Gasteiger partial charge in [0.1, 0.15) is 0 Å². The average Bonchev–Trinajstić information content (AvgIpc) is 2.85. The second-order valence-electron chi connectivity index (χ2n) is 8.11. The van der Waals surface area contributed by atoms with Gasteiger partial charge in [0.25, 0.3) is 0 Å². The third-order valence-corrected chi connectivity index (χ3v) is 6.92. The number of nitrogens with zero attached hydrogens (tertiary/aromatic N) is 1. The van der Waals surface area contributed by atoms with Crippen molar-refractivity contribution in [2.75, 3.05) is 32.9 Å². The van der Waals surface area contributed by atoms with E-state index in [2.05, 4.69) is 4.90 Å². The first-order valence-corrected chi connectivity index (χ1v) is 8.68. The van der Waals surface area contributed by atoms with Crippen molar-refractivity contribution in [3.05, 3.63) is 0 Å². The second-order valence-corrected chi connectivity index (χ2v) is 8.11. The Kier molecular flexibility index (Phi) is 3.36. The number of ether oxygens (including phenoxy) is 1. The molecule has 0 aromatic rings. The van der Waals surface area contributed by atoms with Crippen LogP contribution in [0.3, 0.4) is 0 Å². The number of aliphatic hydroxyl groups excluding tert-OH is 1. The molecule has 2 saturated heterocycles. The summed E-state index contributed by atoms with van der Waals surface area (Å²) in [7, 11) is 0. The lowest BCUT2D eigenvalue weighted by molar-refractivity contribution is -0.0608. The fourth-order valence-electron chi connectivity index (χ4n) is 5.55. The minimum atomic E-state index is 0.0631. The summed E-state index contributed by atoms with van der Waals surface area (Å²) in [6.07, 6.45) is 11.4. The molecule has 20 heavy (non-hydrogen) atoms. The van der Waals surface area contributed by atoms with Crippen LogP contribution in [0.15, 0.2) is 0 Å². The summed E-state index contributed by atoms with van der Waals surface area (Å²) in [4.78, 5) is 2.70. The zero-order valence-electron chi connectivity index (χ0n) is 12.6. The summed E-state index contributed by atoms with van der Waals surface area (Å²) in [5.41, 5.74) is 0.785. The highest BCUT2D eigenvalue weighted by Gasteiger charge is 2.54. The Balaban J connectivity index is 1.39. The highest BCUT2D eigenvalue weighted by atomic mass is 16.5. The van der Waals surface area contributed by atoms with E-state index < -0.39 is 0 Å². The van der Waals surface area contributed by atoms with Gasteiger partial charge in [-0.1, -0.05) is 19.3 Å². The summed E-state index contributed by atoms with van der Waals surface area (Å²) < 4.78 is 5.68. The van der Waals surface area contributed by atoms with E-state index in [4.69, 9.17) is 4.74 Å². The summed E-state index contributed by atoms with van der Waals surface area (Å²) in [5.74, 6) is 0.671. The van der Waals surface area contributed by atoms with Gasteiger partial charge in [-0.25, -0.2) is 0 Å². The molecule has 1 spiro atoms.